The normalized spacial score (nSPS) is 32.4. The lowest BCUT2D eigenvalue weighted by Crippen LogP contribution is -2.01. The summed E-state index contributed by atoms with van der Waals surface area (Å²) in [5.41, 5.74) is 0.534. The molecule has 92 valence electrons. The number of rotatable bonds is 2. The van der Waals surface area contributed by atoms with Crippen LogP contribution in [0.2, 0.25) is 5.02 Å². The van der Waals surface area contributed by atoms with Gasteiger partial charge in [-0.2, -0.15) is 0 Å². The molecule has 1 aromatic rings. The first-order valence-electron chi connectivity index (χ1n) is 5.88. The highest BCUT2D eigenvalue weighted by molar-refractivity contribution is 6.32. The van der Waals surface area contributed by atoms with Gasteiger partial charge in [-0.3, -0.25) is 0 Å². The quantitative estimate of drug-likeness (QED) is 0.530. The van der Waals surface area contributed by atoms with Gasteiger partial charge in [-0.05, 0) is 48.3 Å². The van der Waals surface area contributed by atoms with Crippen molar-refractivity contribution in [3.8, 4) is 0 Å². The minimum Gasteiger partial charge on any atom is -0.204 e. The van der Waals surface area contributed by atoms with Crippen molar-refractivity contribution >= 4 is 23.2 Å². The summed E-state index contributed by atoms with van der Waals surface area (Å²) in [5.74, 6) is -0.0596. The van der Waals surface area contributed by atoms with Gasteiger partial charge in [0, 0.05) is 5.02 Å². The van der Waals surface area contributed by atoms with E-state index in [1.54, 1.807) is 0 Å². The highest BCUT2D eigenvalue weighted by Crippen LogP contribution is 2.64. The van der Waals surface area contributed by atoms with Crippen LogP contribution in [-0.4, -0.2) is 0 Å². The van der Waals surface area contributed by atoms with E-state index in [2.05, 4.69) is 0 Å². The van der Waals surface area contributed by atoms with E-state index in [-0.39, 0.29) is 10.4 Å². The number of fused-ring (bicyclic) bond motifs is 1. The van der Waals surface area contributed by atoms with E-state index in [1.165, 1.54) is 19.3 Å². The molecule has 4 heteroatoms. The van der Waals surface area contributed by atoms with E-state index in [1.807, 2.05) is 0 Å². The predicted octanol–water partition coefficient (Wildman–Crippen LogP) is 4.94. The van der Waals surface area contributed by atoms with E-state index in [0.29, 0.717) is 23.3 Å². The second-order valence-electron chi connectivity index (χ2n) is 5.03. The first kappa shape index (κ1) is 11.7. The van der Waals surface area contributed by atoms with Crippen LogP contribution in [0.25, 0.3) is 0 Å². The molecule has 0 N–H and O–H groups in total. The first-order valence-corrected chi connectivity index (χ1v) is 6.69. The minimum atomic E-state index is -0.918. The van der Waals surface area contributed by atoms with E-state index in [9.17, 15) is 8.78 Å². The van der Waals surface area contributed by atoms with Gasteiger partial charge in [0.2, 0.25) is 0 Å². The molecule has 2 aliphatic carbocycles. The topological polar surface area (TPSA) is 0 Å². The minimum absolute atomic E-state index is 0.230. The van der Waals surface area contributed by atoms with Crippen molar-refractivity contribution in [1.29, 1.82) is 0 Å². The largest absolute Gasteiger partial charge is 0.204 e. The zero-order valence-corrected chi connectivity index (χ0v) is 10.6. The van der Waals surface area contributed by atoms with Gasteiger partial charge in [-0.1, -0.05) is 18.0 Å². The Morgan fingerprint density at radius 1 is 1.12 bits per heavy atom. The highest BCUT2D eigenvalue weighted by Gasteiger charge is 2.56. The van der Waals surface area contributed by atoms with Crippen molar-refractivity contribution < 1.29 is 8.78 Å². The fraction of sp³-hybridized carbons (Fsp3) is 0.538. The average molecular weight is 277 g/mol. The number of hydrogen-bond donors (Lipinski definition) is 0. The first-order chi connectivity index (χ1) is 8.09. The second kappa shape index (κ2) is 4.10. The molecule has 3 rings (SSSR count). The molecule has 2 saturated carbocycles. The molecule has 0 amide bonds. The van der Waals surface area contributed by atoms with Crippen molar-refractivity contribution in [2.45, 2.75) is 24.6 Å². The molecule has 2 aliphatic rings. The van der Waals surface area contributed by atoms with E-state index in [0.717, 1.165) is 12.1 Å². The molecule has 1 aromatic carbocycles. The summed E-state index contributed by atoms with van der Waals surface area (Å²) in [7, 11) is 0. The maximum absolute atomic E-state index is 13.2. The molecular weight excluding hydrogens is 265 g/mol. The van der Waals surface area contributed by atoms with Gasteiger partial charge in [-0.25, -0.2) is 8.78 Å². The molecule has 0 aliphatic heterocycles. The number of hydrogen-bond acceptors (Lipinski definition) is 0. The zero-order valence-electron chi connectivity index (χ0n) is 9.10. The molecule has 0 saturated heterocycles. The van der Waals surface area contributed by atoms with Crippen molar-refractivity contribution in [2.75, 3.05) is 0 Å². The third-order valence-corrected chi connectivity index (χ3v) is 5.00. The number of alkyl halides is 1. The lowest BCUT2D eigenvalue weighted by Gasteiger charge is -2.14. The van der Waals surface area contributed by atoms with Crippen LogP contribution < -0.4 is 0 Å². The Bertz CT molecular complexity index is 451. The Kier molecular flexibility index (Phi) is 2.83. The Balaban J connectivity index is 1.87. The van der Waals surface area contributed by atoms with Gasteiger partial charge >= 0.3 is 0 Å². The van der Waals surface area contributed by atoms with Gasteiger partial charge < -0.3 is 0 Å². The number of halogens is 4. The number of benzene rings is 1. The molecule has 3 unspecified atom stereocenters. The molecule has 0 nitrogen and oxygen atoms in total. The summed E-state index contributed by atoms with van der Waals surface area (Å²) < 4.78 is 26.2. The maximum Gasteiger partial charge on any atom is 0.160 e. The fourth-order valence-corrected chi connectivity index (χ4v) is 4.15. The van der Waals surface area contributed by atoms with E-state index < -0.39 is 11.6 Å². The van der Waals surface area contributed by atoms with Gasteiger partial charge in [0.1, 0.15) is 0 Å². The van der Waals surface area contributed by atoms with Crippen LogP contribution in [0, 0.1) is 29.4 Å². The lowest BCUT2D eigenvalue weighted by atomic mass is 10.0. The summed E-state index contributed by atoms with van der Waals surface area (Å²) in [6, 6.07) is 2.16. The summed E-state index contributed by atoms with van der Waals surface area (Å²) >= 11 is 12.3. The summed E-state index contributed by atoms with van der Waals surface area (Å²) in [4.78, 5) is 0. The van der Waals surface area contributed by atoms with E-state index >= 15 is 0 Å². The maximum atomic E-state index is 13.2. The van der Waals surface area contributed by atoms with Crippen molar-refractivity contribution in [3.63, 3.8) is 0 Å². The Labute approximate surface area is 109 Å². The van der Waals surface area contributed by atoms with Crippen LogP contribution in [-0.2, 0) is 0 Å². The van der Waals surface area contributed by atoms with E-state index in [4.69, 9.17) is 23.2 Å². The molecule has 2 fully saturated rings. The average Bonchev–Trinajstić information content (AvgIpc) is 2.76. The SMILES string of the molecule is Fc1cc(Cl)c(C(Cl)C2C3CCCC32)cc1F. The van der Waals surface area contributed by atoms with Crippen LogP contribution in [0.4, 0.5) is 8.78 Å². The molecule has 0 aromatic heterocycles. The molecule has 0 radical (unpaired) electrons. The zero-order chi connectivity index (χ0) is 12.2. The molecular formula is C13H12Cl2F2. The summed E-state index contributed by atoms with van der Waals surface area (Å²) in [5, 5.41) is -0.0539. The van der Waals surface area contributed by atoms with Crippen LogP contribution in [0.1, 0.15) is 30.2 Å². The smallest absolute Gasteiger partial charge is 0.160 e. The van der Waals surface area contributed by atoms with Gasteiger partial charge in [0.15, 0.2) is 11.6 Å². The molecule has 0 spiro atoms. The van der Waals surface area contributed by atoms with Crippen LogP contribution in [0.3, 0.4) is 0 Å². The third kappa shape index (κ3) is 1.86. The second-order valence-corrected chi connectivity index (χ2v) is 5.90. The van der Waals surface area contributed by atoms with Gasteiger partial charge in [0.05, 0.1) is 5.38 Å². The molecule has 3 atom stereocenters. The van der Waals surface area contributed by atoms with Gasteiger partial charge in [0.25, 0.3) is 0 Å². The van der Waals surface area contributed by atoms with Crippen LogP contribution >= 0.6 is 23.2 Å². The van der Waals surface area contributed by atoms with Crippen molar-refractivity contribution in [3.05, 3.63) is 34.4 Å². The standard InChI is InChI=1S/C13H12Cl2F2/c14-9-5-11(17)10(16)4-8(9)13(15)12-6-2-1-3-7(6)12/h4-7,12-13H,1-3H2. The fourth-order valence-electron chi connectivity index (χ4n) is 3.27. The highest BCUT2D eigenvalue weighted by atomic mass is 35.5. The summed E-state index contributed by atoms with van der Waals surface area (Å²) in [6.45, 7) is 0. The molecule has 0 heterocycles. The van der Waals surface area contributed by atoms with Crippen molar-refractivity contribution in [2.24, 2.45) is 17.8 Å². The Morgan fingerprint density at radius 2 is 1.71 bits per heavy atom. The third-order valence-electron chi connectivity index (χ3n) is 4.15. The van der Waals surface area contributed by atoms with Crippen molar-refractivity contribution in [1.82, 2.24) is 0 Å². The van der Waals surface area contributed by atoms with Crippen LogP contribution in [0.15, 0.2) is 12.1 Å². The Morgan fingerprint density at radius 3 is 2.35 bits per heavy atom. The lowest BCUT2D eigenvalue weighted by molar-refractivity contribution is 0.504. The molecule has 17 heavy (non-hydrogen) atoms. The monoisotopic (exact) mass is 276 g/mol. The van der Waals surface area contributed by atoms with Gasteiger partial charge in [-0.15, -0.1) is 11.6 Å². The summed E-state index contributed by atoms with van der Waals surface area (Å²) in [6.07, 6.45) is 3.68. The Hall–Kier alpha value is -0.340. The molecule has 0 bridgehead atoms. The predicted molar refractivity (Wildman–Crippen MR) is 64.3 cm³/mol. The van der Waals surface area contributed by atoms with Crippen LogP contribution in [0.5, 0.6) is 0 Å².